The normalized spacial score (nSPS) is 19.8. The summed E-state index contributed by atoms with van der Waals surface area (Å²) in [6, 6.07) is 10.6. The number of hydrogen-bond acceptors (Lipinski definition) is 5. The molecule has 1 aromatic carbocycles. The molecule has 2 aromatic rings. The fraction of sp³-hybridized carbons (Fsp3) is 0.150. The van der Waals surface area contributed by atoms with Gasteiger partial charge in [0.15, 0.2) is 5.41 Å². The van der Waals surface area contributed by atoms with Gasteiger partial charge < -0.3 is 20.4 Å². The number of nitriles is 1. The molecular weight excluding hydrogens is 344 g/mol. The number of nitrogens with zero attached hydrogens (tertiary/aromatic N) is 2. The number of ether oxygens (including phenoxy) is 1. The third-order valence-electron chi connectivity index (χ3n) is 5.03. The summed E-state index contributed by atoms with van der Waals surface area (Å²) in [6.45, 7) is 5.70. The Bertz CT molecular complexity index is 1150. The molecule has 0 saturated heterocycles. The van der Waals surface area contributed by atoms with Crippen LogP contribution in [0.4, 0.5) is 5.69 Å². The van der Waals surface area contributed by atoms with E-state index in [9.17, 15) is 14.9 Å². The van der Waals surface area contributed by atoms with Crippen molar-refractivity contribution in [2.24, 2.45) is 5.73 Å². The van der Waals surface area contributed by atoms with E-state index in [1.807, 2.05) is 6.07 Å². The zero-order chi connectivity index (χ0) is 19.3. The first kappa shape index (κ1) is 16.7. The fourth-order valence-electron chi connectivity index (χ4n) is 3.89. The summed E-state index contributed by atoms with van der Waals surface area (Å²) < 4.78 is 7.08. The number of carbonyl (C=O) groups excluding carboxylic acids is 1. The molecule has 7 heteroatoms. The van der Waals surface area contributed by atoms with Crippen LogP contribution >= 0.6 is 0 Å². The predicted molar refractivity (Wildman–Crippen MR) is 98.9 cm³/mol. The molecule has 2 aliphatic heterocycles. The molecule has 0 radical (unpaired) electrons. The van der Waals surface area contributed by atoms with Crippen molar-refractivity contribution in [3.8, 4) is 11.8 Å². The number of benzene rings is 1. The summed E-state index contributed by atoms with van der Waals surface area (Å²) in [6.07, 6.45) is 1.59. The second kappa shape index (κ2) is 5.61. The third kappa shape index (κ3) is 1.95. The maximum Gasteiger partial charge on any atom is 0.259 e. The smallest absolute Gasteiger partial charge is 0.259 e. The molecule has 27 heavy (non-hydrogen) atoms. The minimum absolute atomic E-state index is 0.0863. The largest absolute Gasteiger partial charge is 0.440 e. The van der Waals surface area contributed by atoms with Crippen LogP contribution in [0.1, 0.15) is 16.8 Å². The van der Waals surface area contributed by atoms with Crippen LogP contribution in [-0.4, -0.2) is 10.5 Å². The lowest BCUT2D eigenvalue weighted by atomic mass is 9.69. The summed E-state index contributed by atoms with van der Waals surface area (Å²) in [4.78, 5) is 26.6. The van der Waals surface area contributed by atoms with Gasteiger partial charge in [0.25, 0.3) is 5.56 Å². The van der Waals surface area contributed by atoms with Gasteiger partial charge in [-0.1, -0.05) is 24.3 Å². The van der Waals surface area contributed by atoms with E-state index >= 15 is 0 Å². The molecule has 1 atom stereocenters. The summed E-state index contributed by atoms with van der Waals surface area (Å²) in [5, 5.41) is 12.6. The number of anilines is 1. The van der Waals surface area contributed by atoms with Gasteiger partial charge in [-0.15, -0.1) is 6.58 Å². The summed E-state index contributed by atoms with van der Waals surface area (Å²) in [5.41, 5.74) is 5.61. The number of carbonyl (C=O) groups is 1. The molecule has 0 bridgehead atoms. The quantitative estimate of drug-likeness (QED) is 0.792. The highest BCUT2D eigenvalue weighted by Crippen LogP contribution is 2.51. The van der Waals surface area contributed by atoms with Gasteiger partial charge in [0, 0.05) is 29.6 Å². The van der Waals surface area contributed by atoms with Gasteiger partial charge in [0.1, 0.15) is 17.4 Å². The molecule has 4 rings (SSSR count). The van der Waals surface area contributed by atoms with Gasteiger partial charge in [-0.3, -0.25) is 9.59 Å². The standard InChI is InChI=1S/C20H16N4O3/c1-3-8-24-11(2)9-15-16(18(24)25)20(13(10-21)17(22)27-15)12-6-4-5-7-14(12)23-19(20)26/h3-7,9H,1,8,22H2,2H3,(H,23,26). The minimum atomic E-state index is -1.64. The molecule has 3 heterocycles. The first-order valence-electron chi connectivity index (χ1n) is 8.31. The number of pyridine rings is 1. The number of aromatic nitrogens is 1. The highest BCUT2D eigenvalue weighted by molar-refractivity contribution is 6.12. The van der Waals surface area contributed by atoms with Crippen LogP contribution in [-0.2, 0) is 16.8 Å². The number of nitrogens with one attached hydrogen (secondary N) is 1. The Morgan fingerprint density at radius 2 is 2.15 bits per heavy atom. The van der Waals surface area contributed by atoms with Crippen molar-refractivity contribution >= 4 is 11.6 Å². The Labute approximate surface area is 155 Å². The van der Waals surface area contributed by atoms with E-state index in [2.05, 4.69) is 11.9 Å². The lowest BCUT2D eigenvalue weighted by molar-refractivity contribution is -0.118. The fourth-order valence-corrected chi connectivity index (χ4v) is 3.89. The highest BCUT2D eigenvalue weighted by Gasteiger charge is 2.58. The topological polar surface area (TPSA) is 110 Å². The van der Waals surface area contributed by atoms with Gasteiger partial charge >= 0.3 is 0 Å². The average molecular weight is 360 g/mol. The van der Waals surface area contributed by atoms with Gasteiger partial charge in [-0.25, -0.2) is 0 Å². The Morgan fingerprint density at radius 3 is 2.85 bits per heavy atom. The molecule has 3 N–H and O–H groups in total. The Balaban J connectivity index is 2.20. The van der Waals surface area contributed by atoms with Crippen molar-refractivity contribution in [3.63, 3.8) is 0 Å². The second-order valence-corrected chi connectivity index (χ2v) is 6.43. The van der Waals surface area contributed by atoms with Crippen LogP contribution in [0, 0.1) is 18.3 Å². The average Bonchev–Trinajstić information content (AvgIpc) is 2.91. The molecule has 134 valence electrons. The molecule has 1 unspecified atom stereocenters. The van der Waals surface area contributed by atoms with Gasteiger partial charge in [0.05, 0.1) is 5.56 Å². The zero-order valence-corrected chi connectivity index (χ0v) is 14.6. The predicted octanol–water partition coefficient (Wildman–Crippen LogP) is 1.67. The molecule has 0 aliphatic carbocycles. The maximum absolute atomic E-state index is 13.4. The van der Waals surface area contributed by atoms with E-state index < -0.39 is 16.9 Å². The number of aryl methyl sites for hydroxylation is 1. The number of hydrogen-bond donors (Lipinski definition) is 2. The van der Waals surface area contributed by atoms with Crippen LogP contribution < -0.4 is 21.3 Å². The van der Waals surface area contributed by atoms with Crippen LogP contribution in [0.25, 0.3) is 0 Å². The summed E-state index contributed by atoms with van der Waals surface area (Å²) >= 11 is 0. The van der Waals surface area contributed by atoms with Gasteiger partial charge in [-0.05, 0) is 13.0 Å². The van der Waals surface area contributed by atoms with E-state index in [0.29, 0.717) is 16.9 Å². The molecule has 0 saturated carbocycles. The molecular formula is C20H16N4O3. The number of fused-ring (bicyclic) bond motifs is 4. The van der Waals surface area contributed by atoms with E-state index in [1.165, 1.54) is 4.57 Å². The van der Waals surface area contributed by atoms with Crippen molar-refractivity contribution in [2.45, 2.75) is 18.9 Å². The van der Waals surface area contributed by atoms with Crippen LogP contribution in [0.5, 0.6) is 5.75 Å². The number of nitrogens with two attached hydrogens (primary N) is 1. The molecule has 2 aliphatic rings. The summed E-state index contributed by atoms with van der Waals surface area (Å²) in [7, 11) is 0. The monoisotopic (exact) mass is 360 g/mol. The minimum Gasteiger partial charge on any atom is -0.440 e. The summed E-state index contributed by atoms with van der Waals surface area (Å²) in [5.74, 6) is -0.503. The van der Waals surface area contributed by atoms with Crippen molar-refractivity contribution in [2.75, 3.05) is 5.32 Å². The van der Waals surface area contributed by atoms with E-state index in [1.54, 1.807) is 43.3 Å². The second-order valence-electron chi connectivity index (χ2n) is 6.43. The van der Waals surface area contributed by atoms with E-state index in [-0.39, 0.29) is 29.3 Å². The van der Waals surface area contributed by atoms with Crippen molar-refractivity contribution < 1.29 is 9.53 Å². The third-order valence-corrected chi connectivity index (χ3v) is 5.03. The molecule has 1 aromatic heterocycles. The van der Waals surface area contributed by atoms with Crippen molar-refractivity contribution in [1.29, 1.82) is 5.26 Å². The van der Waals surface area contributed by atoms with Crippen LogP contribution in [0.3, 0.4) is 0 Å². The van der Waals surface area contributed by atoms with Crippen LogP contribution in [0.2, 0.25) is 0 Å². The van der Waals surface area contributed by atoms with Crippen molar-refractivity contribution in [1.82, 2.24) is 4.57 Å². The molecule has 1 amide bonds. The molecule has 0 fully saturated rings. The Hall–Kier alpha value is -3.79. The Kier molecular flexibility index (Phi) is 3.46. The maximum atomic E-state index is 13.4. The molecule has 1 spiro atoms. The molecule has 7 nitrogen and oxygen atoms in total. The zero-order valence-electron chi connectivity index (χ0n) is 14.6. The lowest BCUT2D eigenvalue weighted by Crippen LogP contribution is -2.47. The number of para-hydroxylation sites is 1. The van der Waals surface area contributed by atoms with Gasteiger partial charge in [0.2, 0.25) is 11.8 Å². The SMILES string of the molecule is C=CCn1c(C)cc2c(c1=O)C1(C(=O)Nc3ccccc31)C(C#N)=C(N)O2. The highest BCUT2D eigenvalue weighted by atomic mass is 16.5. The van der Waals surface area contributed by atoms with Crippen molar-refractivity contribution in [3.05, 3.63) is 81.6 Å². The van der Waals surface area contributed by atoms with E-state index in [4.69, 9.17) is 10.5 Å². The first-order valence-corrected chi connectivity index (χ1v) is 8.31. The number of rotatable bonds is 2. The number of amides is 1. The van der Waals surface area contributed by atoms with E-state index in [0.717, 1.165) is 0 Å². The lowest BCUT2D eigenvalue weighted by Gasteiger charge is -2.33. The van der Waals surface area contributed by atoms with Gasteiger partial charge in [-0.2, -0.15) is 5.26 Å². The first-order chi connectivity index (χ1) is 13.0. The number of allylic oxidation sites excluding steroid dienone is 1. The van der Waals surface area contributed by atoms with Crippen LogP contribution in [0.15, 0.2) is 59.2 Å². The Morgan fingerprint density at radius 1 is 1.41 bits per heavy atom.